The molecule has 8 heteroatoms. The Balaban J connectivity index is 1.50. The van der Waals surface area contributed by atoms with Crippen molar-refractivity contribution in [1.82, 2.24) is 20.1 Å². The second-order valence-corrected chi connectivity index (χ2v) is 7.74. The molecule has 2 N–H and O–H groups in total. The molecule has 3 heterocycles. The van der Waals surface area contributed by atoms with Gasteiger partial charge in [-0.05, 0) is 49.7 Å². The van der Waals surface area contributed by atoms with Crippen LogP contribution in [0.15, 0.2) is 48.9 Å². The summed E-state index contributed by atoms with van der Waals surface area (Å²) in [5.74, 6) is -0.350. The highest BCUT2D eigenvalue weighted by Crippen LogP contribution is 2.30. The minimum absolute atomic E-state index is 0.0978. The van der Waals surface area contributed by atoms with Crippen LogP contribution < -0.4 is 10.6 Å². The van der Waals surface area contributed by atoms with Gasteiger partial charge in [-0.25, -0.2) is 9.37 Å². The summed E-state index contributed by atoms with van der Waals surface area (Å²) in [5, 5.41) is 11.1. The highest BCUT2D eigenvalue weighted by Gasteiger charge is 2.42. The monoisotopic (exact) mass is 385 g/mol. The zero-order valence-electron chi connectivity index (χ0n) is 14.7. The van der Waals surface area contributed by atoms with Gasteiger partial charge in [0.05, 0.1) is 0 Å². The molecule has 1 amide bonds. The molecule has 0 spiro atoms. The molecule has 0 radical (unpaired) electrons. The fourth-order valence-corrected chi connectivity index (χ4v) is 4.27. The van der Waals surface area contributed by atoms with Crippen LogP contribution in [-0.4, -0.2) is 33.8 Å². The van der Waals surface area contributed by atoms with Crippen LogP contribution in [0.3, 0.4) is 0 Å². The lowest BCUT2D eigenvalue weighted by Gasteiger charge is -2.36. The van der Waals surface area contributed by atoms with Crippen molar-refractivity contribution in [3.63, 3.8) is 0 Å². The van der Waals surface area contributed by atoms with Crippen molar-refractivity contribution >= 4 is 22.4 Å². The summed E-state index contributed by atoms with van der Waals surface area (Å²) in [6.45, 7) is 1.52. The average molecular weight is 385 g/mol. The van der Waals surface area contributed by atoms with Crippen molar-refractivity contribution in [2.75, 3.05) is 18.4 Å². The summed E-state index contributed by atoms with van der Waals surface area (Å²) in [4.78, 5) is 18.4. The first-order chi connectivity index (χ1) is 13.2. The lowest BCUT2D eigenvalue weighted by atomic mass is 9.87. The van der Waals surface area contributed by atoms with E-state index in [1.54, 1.807) is 23.1 Å². The van der Waals surface area contributed by atoms with Crippen LogP contribution in [-0.2, 0) is 16.8 Å². The zero-order valence-corrected chi connectivity index (χ0v) is 15.5. The molecule has 0 atom stereocenters. The third-order valence-electron chi connectivity index (χ3n) is 4.84. The number of rotatable bonds is 5. The van der Waals surface area contributed by atoms with Crippen LogP contribution >= 0.6 is 11.3 Å². The number of thiazole rings is 1. The minimum Gasteiger partial charge on any atom is -0.317 e. The summed E-state index contributed by atoms with van der Waals surface area (Å²) in [6, 6.07) is 8.34. The van der Waals surface area contributed by atoms with Gasteiger partial charge in [-0.15, -0.1) is 11.3 Å². The molecule has 4 rings (SSSR count). The largest absolute Gasteiger partial charge is 0.317 e. The lowest BCUT2D eigenvalue weighted by molar-refractivity contribution is -0.126. The van der Waals surface area contributed by atoms with Gasteiger partial charge in [0.1, 0.15) is 11.4 Å². The van der Waals surface area contributed by atoms with E-state index in [4.69, 9.17) is 0 Å². The van der Waals surface area contributed by atoms with E-state index in [0.29, 0.717) is 24.4 Å². The minimum atomic E-state index is -0.705. The Morgan fingerprint density at radius 2 is 2.19 bits per heavy atom. The lowest BCUT2D eigenvalue weighted by Crippen LogP contribution is -2.52. The van der Waals surface area contributed by atoms with E-state index in [2.05, 4.69) is 20.7 Å². The van der Waals surface area contributed by atoms with Crippen LogP contribution in [0.1, 0.15) is 23.3 Å². The van der Waals surface area contributed by atoms with E-state index in [1.807, 2.05) is 18.3 Å². The van der Waals surface area contributed by atoms with E-state index in [-0.39, 0.29) is 11.7 Å². The van der Waals surface area contributed by atoms with Crippen molar-refractivity contribution in [2.24, 2.45) is 0 Å². The van der Waals surface area contributed by atoms with Gasteiger partial charge in [-0.3, -0.25) is 14.8 Å². The van der Waals surface area contributed by atoms with Crippen molar-refractivity contribution < 1.29 is 9.18 Å². The first-order valence-electron chi connectivity index (χ1n) is 8.87. The highest BCUT2D eigenvalue weighted by atomic mass is 32.1. The molecule has 0 aliphatic carbocycles. The molecule has 1 aliphatic rings. The molecule has 3 aromatic rings. The van der Waals surface area contributed by atoms with E-state index < -0.39 is 5.54 Å². The summed E-state index contributed by atoms with van der Waals surface area (Å²) < 4.78 is 15.1. The number of benzene rings is 1. The van der Waals surface area contributed by atoms with Crippen LogP contribution in [0.25, 0.3) is 0 Å². The molecule has 1 saturated heterocycles. The van der Waals surface area contributed by atoms with Crippen LogP contribution in [0.4, 0.5) is 9.52 Å². The van der Waals surface area contributed by atoms with Crippen LogP contribution in [0.5, 0.6) is 0 Å². The quantitative estimate of drug-likeness (QED) is 0.708. The molecule has 27 heavy (non-hydrogen) atoms. The van der Waals surface area contributed by atoms with Gasteiger partial charge in [-0.1, -0.05) is 12.1 Å². The molecule has 140 valence electrons. The number of halogens is 1. The van der Waals surface area contributed by atoms with E-state index >= 15 is 0 Å². The molecule has 0 saturated carbocycles. The maximum absolute atomic E-state index is 13.3. The van der Waals surface area contributed by atoms with Crippen LogP contribution in [0.2, 0.25) is 0 Å². The van der Waals surface area contributed by atoms with Gasteiger partial charge in [-0.2, -0.15) is 5.10 Å². The fourth-order valence-electron chi connectivity index (χ4n) is 3.43. The molecular weight excluding hydrogens is 365 g/mol. The Morgan fingerprint density at radius 3 is 2.93 bits per heavy atom. The van der Waals surface area contributed by atoms with Crippen LogP contribution in [0, 0.1) is 5.82 Å². The summed E-state index contributed by atoms with van der Waals surface area (Å²) >= 11 is 1.41. The van der Waals surface area contributed by atoms with Crippen molar-refractivity contribution in [1.29, 1.82) is 0 Å². The third kappa shape index (κ3) is 3.77. The fraction of sp³-hybridized carbons (Fsp3) is 0.316. The molecule has 1 aromatic carbocycles. The first kappa shape index (κ1) is 17.8. The number of anilines is 1. The van der Waals surface area contributed by atoms with Crippen molar-refractivity contribution in [2.45, 2.75) is 24.8 Å². The number of hydrogen-bond acceptors (Lipinski definition) is 5. The molecule has 6 nitrogen and oxygen atoms in total. The summed E-state index contributed by atoms with van der Waals surface area (Å²) in [5.41, 5.74) is 0.172. The van der Waals surface area contributed by atoms with Gasteiger partial charge >= 0.3 is 0 Å². The number of nitrogens with zero attached hydrogens (tertiary/aromatic N) is 3. The molecule has 0 bridgehead atoms. The smallest absolute Gasteiger partial charge is 0.254 e. The first-order valence-corrected chi connectivity index (χ1v) is 9.69. The van der Waals surface area contributed by atoms with Gasteiger partial charge in [0.2, 0.25) is 0 Å². The normalized spacial score (nSPS) is 16.2. The number of piperidine rings is 1. The summed E-state index contributed by atoms with van der Waals surface area (Å²) in [6.07, 6.45) is 7.18. The number of carbonyl (C=O) groups excluding carboxylic acids is 1. The number of amides is 1. The highest BCUT2D eigenvalue weighted by molar-refractivity contribution is 7.15. The predicted octanol–water partition coefficient (Wildman–Crippen LogP) is 2.79. The van der Waals surface area contributed by atoms with Gasteiger partial charge in [0.25, 0.3) is 5.91 Å². The number of nitrogens with one attached hydrogen (secondary N) is 2. The Kier molecular flexibility index (Phi) is 5.00. The number of carbonyl (C=O) groups is 1. The van der Waals surface area contributed by atoms with E-state index in [9.17, 15) is 9.18 Å². The second kappa shape index (κ2) is 7.58. The van der Waals surface area contributed by atoms with Gasteiger partial charge < -0.3 is 5.32 Å². The Bertz CT molecular complexity index is 918. The standard InChI is InChI=1S/C19H20FN5OS/c20-15-4-1-3-14(11-15)12-16-13-22-18(27-16)24-17(26)19(5-8-21-9-6-19)25-10-2-7-23-25/h1-4,7,10-11,13,21H,5-6,8-9,12H2,(H,22,24,26). The Hall–Kier alpha value is -2.58. The van der Waals surface area contributed by atoms with E-state index in [0.717, 1.165) is 23.5 Å². The maximum Gasteiger partial charge on any atom is 0.254 e. The Labute approximate surface area is 160 Å². The predicted molar refractivity (Wildman–Crippen MR) is 102 cm³/mol. The average Bonchev–Trinajstić information content (AvgIpc) is 3.35. The zero-order chi connectivity index (χ0) is 18.7. The molecule has 2 aromatic heterocycles. The molecule has 0 unspecified atom stereocenters. The maximum atomic E-state index is 13.3. The Morgan fingerprint density at radius 1 is 1.33 bits per heavy atom. The SMILES string of the molecule is O=C(Nc1ncc(Cc2cccc(F)c2)s1)C1(n2cccn2)CCNCC1. The van der Waals surface area contributed by atoms with E-state index in [1.165, 1.54) is 23.5 Å². The second-order valence-electron chi connectivity index (χ2n) is 6.62. The summed E-state index contributed by atoms with van der Waals surface area (Å²) in [7, 11) is 0. The topological polar surface area (TPSA) is 71.8 Å². The number of hydrogen-bond donors (Lipinski definition) is 2. The molecule has 1 aliphatic heterocycles. The van der Waals surface area contributed by atoms with Crippen molar-refractivity contribution in [3.05, 3.63) is 65.2 Å². The molecular formula is C19H20FN5OS. The van der Waals surface area contributed by atoms with Gasteiger partial charge in [0, 0.05) is 29.9 Å². The number of aromatic nitrogens is 3. The van der Waals surface area contributed by atoms with Gasteiger partial charge in [0.15, 0.2) is 5.13 Å². The third-order valence-corrected chi connectivity index (χ3v) is 5.75. The molecule has 1 fully saturated rings. The van der Waals surface area contributed by atoms with Crippen molar-refractivity contribution in [3.8, 4) is 0 Å².